The first-order chi connectivity index (χ1) is 7.94. The van der Waals surface area contributed by atoms with E-state index in [0.717, 1.165) is 5.56 Å². The molecule has 96 valence electrons. The molecule has 0 aromatic heterocycles. The van der Waals surface area contributed by atoms with Gasteiger partial charge in [-0.25, -0.2) is 12.8 Å². The Morgan fingerprint density at radius 2 is 2.06 bits per heavy atom. The Morgan fingerprint density at radius 3 is 2.65 bits per heavy atom. The highest BCUT2D eigenvalue weighted by atomic mass is 32.2. The van der Waals surface area contributed by atoms with Crippen LogP contribution in [-0.2, 0) is 10.0 Å². The number of rotatable bonds is 6. The highest BCUT2D eigenvalue weighted by molar-refractivity contribution is 7.92. The summed E-state index contributed by atoms with van der Waals surface area (Å²) in [6.45, 7) is 4.68. The van der Waals surface area contributed by atoms with Gasteiger partial charge >= 0.3 is 0 Å². The van der Waals surface area contributed by atoms with E-state index >= 15 is 0 Å². The molecule has 17 heavy (non-hydrogen) atoms. The fourth-order valence-electron chi connectivity index (χ4n) is 1.30. The molecule has 2 N–H and O–H groups in total. The zero-order valence-corrected chi connectivity index (χ0v) is 10.8. The van der Waals surface area contributed by atoms with Crippen molar-refractivity contribution in [3.8, 4) is 0 Å². The Balaban J connectivity index is 2.69. The van der Waals surface area contributed by atoms with Gasteiger partial charge in [-0.15, -0.1) is 0 Å². The minimum Gasteiger partial charge on any atom is -0.316 e. The van der Waals surface area contributed by atoms with Crippen molar-refractivity contribution in [1.29, 1.82) is 0 Å². The minimum absolute atomic E-state index is 0.00732. The zero-order chi connectivity index (χ0) is 12.9. The van der Waals surface area contributed by atoms with Gasteiger partial charge < -0.3 is 5.32 Å². The number of hydrogen-bond acceptors (Lipinski definition) is 3. The third-order valence-corrected chi connectivity index (χ3v) is 3.46. The summed E-state index contributed by atoms with van der Waals surface area (Å²) in [6, 6.07) is 4.38. The number of anilines is 1. The van der Waals surface area contributed by atoms with Gasteiger partial charge in [-0.1, -0.05) is 13.0 Å². The monoisotopic (exact) mass is 260 g/mol. The Bertz CT molecular complexity index is 474. The Morgan fingerprint density at radius 1 is 1.35 bits per heavy atom. The molecular formula is C11H17FN2O2S. The molecule has 1 aromatic rings. The van der Waals surface area contributed by atoms with Gasteiger partial charge in [-0.05, 0) is 31.2 Å². The van der Waals surface area contributed by atoms with Crippen molar-refractivity contribution in [1.82, 2.24) is 5.32 Å². The van der Waals surface area contributed by atoms with Gasteiger partial charge in [-0.3, -0.25) is 4.72 Å². The van der Waals surface area contributed by atoms with E-state index in [1.165, 1.54) is 12.1 Å². The number of benzene rings is 1. The molecule has 0 radical (unpaired) electrons. The fraction of sp³-hybridized carbons (Fsp3) is 0.455. The van der Waals surface area contributed by atoms with Crippen molar-refractivity contribution >= 4 is 15.7 Å². The van der Waals surface area contributed by atoms with Crippen molar-refractivity contribution in [2.75, 3.05) is 23.6 Å². The van der Waals surface area contributed by atoms with Crippen molar-refractivity contribution < 1.29 is 12.8 Å². The molecule has 1 aromatic carbocycles. The van der Waals surface area contributed by atoms with Crippen LogP contribution in [0.25, 0.3) is 0 Å². The molecule has 0 heterocycles. The lowest BCUT2D eigenvalue weighted by molar-refractivity contribution is 0.594. The summed E-state index contributed by atoms with van der Waals surface area (Å²) in [5.41, 5.74) is 0.741. The Kier molecular flexibility index (Phi) is 4.89. The predicted octanol–water partition coefficient (Wildman–Crippen LogP) is 1.49. The molecule has 0 aliphatic rings. The number of sulfonamides is 1. The second kappa shape index (κ2) is 5.97. The van der Waals surface area contributed by atoms with E-state index < -0.39 is 15.8 Å². The van der Waals surface area contributed by atoms with Crippen molar-refractivity contribution in [3.05, 3.63) is 29.6 Å². The first-order valence-electron chi connectivity index (χ1n) is 5.42. The zero-order valence-electron chi connectivity index (χ0n) is 9.96. The molecule has 0 fully saturated rings. The summed E-state index contributed by atoms with van der Waals surface area (Å²) >= 11 is 0. The quantitative estimate of drug-likeness (QED) is 0.762. The van der Waals surface area contributed by atoms with Gasteiger partial charge in [0.05, 0.1) is 11.4 Å². The minimum atomic E-state index is -3.49. The second-order valence-electron chi connectivity index (χ2n) is 3.76. The van der Waals surface area contributed by atoms with E-state index in [0.29, 0.717) is 13.1 Å². The highest BCUT2D eigenvalue weighted by Gasteiger charge is 2.12. The van der Waals surface area contributed by atoms with Crippen LogP contribution in [0.5, 0.6) is 0 Å². The molecule has 0 amide bonds. The summed E-state index contributed by atoms with van der Waals surface area (Å²) in [6.07, 6.45) is 0. The molecule has 0 aliphatic heterocycles. The second-order valence-corrected chi connectivity index (χ2v) is 5.60. The Labute approximate surface area is 101 Å². The molecule has 4 nitrogen and oxygen atoms in total. The third-order valence-electron chi connectivity index (χ3n) is 2.19. The standard InChI is InChI=1S/C11H17FN2O2S/c1-3-13-6-7-17(15,16)14-11-5-4-9(2)8-10(11)12/h4-5,8,13-14H,3,6-7H2,1-2H3. The van der Waals surface area contributed by atoms with Gasteiger partial charge in [0.15, 0.2) is 0 Å². The average molecular weight is 260 g/mol. The summed E-state index contributed by atoms with van der Waals surface area (Å²) in [7, 11) is -3.49. The SMILES string of the molecule is CCNCCS(=O)(=O)Nc1ccc(C)cc1F. The highest BCUT2D eigenvalue weighted by Crippen LogP contribution is 2.16. The Hall–Kier alpha value is -1.14. The maximum absolute atomic E-state index is 13.4. The lowest BCUT2D eigenvalue weighted by Gasteiger charge is -2.09. The molecule has 0 bridgehead atoms. The predicted molar refractivity (Wildman–Crippen MR) is 67.1 cm³/mol. The van der Waals surface area contributed by atoms with Crippen molar-refractivity contribution in [3.63, 3.8) is 0 Å². The summed E-state index contributed by atoms with van der Waals surface area (Å²) < 4.78 is 38.8. The van der Waals surface area contributed by atoms with Crippen molar-refractivity contribution in [2.45, 2.75) is 13.8 Å². The molecule has 0 atom stereocenters. The molecule has 0 spiro atoms. The fourth-order valence-corrected chi connectivity index (χ4v) is 2.32. The van der Waals surface area contributed by atoms with Crippen LogP contribution >= 0.6 is 0 Å². The van der Waals surface area contributed by atoms with E-state index in [-0.39, 0.29) is 11.4 Å². The van der Waals surface area contributed by atoms with Gasteiger partial charge in [0.1, 0.15) is 5.82 Å². The molecule has 1 rings (SSSR count). The van der Waals surface area contributed by atoms with Gasteiger partial charge in [0.2, 0.25) is 10.0 Å². The smallest absolute Gasteiger partial charge is 0.234 e. The van der Waals surface area contributed by atoms with Crippen LogP contribution in [0.3, 0.4) is 0 Å². The topological polar surface area (TPSA) is 58.2 Å². The van der Waals surface area contributed by atoms with E-state index in [2.05, 4.69) is 10.0 Å². The van der Waals surface area contributed by atoms with Crippen molar-refractivity contribution in [2.24, 2.45) is 0 Å². The van der Waals surface area contributed by atoms with Crippen LogP contribution in [0.15, 0.2) is 18.2 Å². The lowest BCUT2D eigenvalue weighted by Crippen LogP contribution is -2.26. The summed E-state index contributed by atoms with van der Waals surface area (Å²) in [5.74, 6) is -0.634. The first-order valence-corrected chi connectivity index (χ1v) is 7.07. The average Bonchev–Trinajstić information content (AvgIpc) is 2.22. The molecule has 0 saturated heterocycles. The summed E-state index contributed by atoms with van der Waals surface area (Å²) in [4.78, 5) is 0. The number of halogens is 1. The van der Waals surface area contributed by atoms with Crippen LogP contribution in [0.4, 0.5) is 10.1 Å². The van der Waals surface area contributed by atoms with E-state index in [1.54, 1.807) is 13.0 Å². The van der Waals surface area contributed by atoms with E-state index in [4.69, 9.17) is 0 Å². The van der Waals surface area contributed by atoms with Crippen LogP contribution in [-0.4, -0.2) is 27.3 Å². The molecule has 0 unspecified atom stereocenters. The van der Waals surface area contributed by atoms with Crippen LogP contribution in [0.2, 0.25) is 0 Å². The van der Waals surface area contributed by atoms with Gasteiger partial charge in [0, 0.05) is 6.54 Å². The van der Waals surface area contributed by atoms with Gasteiger partial charge in [-0.2, -0.15) is 0 Å². The largest absolute Gasteiger partial charge is 0.316 e. The number of nitrogens with one attached hydrogen (secondary N) is 2. The van der Waals surface area contributed by atoms with Crippen LogP contribution in [0, 0.1) is 12.7 Å². The number of hydrogen-bond donors (Lipinski definition) is 2. The summed E-state index contributed by atoms with van der Waals surface area (Å²) in [5, 5.41) is 2.90. The normalized spacial score (nSPS) is 11.5. The molecule has 6 heteroatoms. The van der Waals surface area contributed by atoms with Crippen LogP contribution < -0.4 is 10.0 Å². The first kappa shape index (κ1) is 13.9. The van der Waals surface area contributed by atoms with E-state index in [1.807, 2.05) is 6.92 Å². The van der Waals surface area contributed by atoms with Gasteiger partial charge in [0.25, 0.3) is 0 Å². The third kappa shape index (κ3) is 4.70. The van der Waals surface area contributed by atoms with E-state index in [9.17, 15) is 12.8 Å². The maximum Gasteiger partial charge on any atom is 0.234 e. The molecule has 0 aliphatic carbocycles. The molecule has 0 saturated carbocycles. The number of aryl methyl sites for hydroxylation is 1. The lowest BCUT2D eigenvalue weighted by atomic mass is 10.2. The van der Waals surface area contributed by atoms with Crippen LogP contribution in [0.1, 0.15) is 12.5 Å². The maximum atomic E-state index is 13.4. The molecular weight excluding hydrogens is 243 g/mol.